The maximum absolute atomic E-state index is 14.0. The highest BCUT2D eigenvalue weighted by Crippen LogP contribution is 2.27. The van der Waals surface area contributed by atoms with Gasteiger partial charge in [-0.15, -0.1) is 0 Å². The predicted octanol–water partition coefficient (Wildman–Crippen LogP) is 4.05. The van der Waals surface area contributed by atoms with Gasteiger partial charge in [0.25, 0.3) is 0 Å². The summed E-state index contributed by atoms with van der Waals surface area (Å²) in [4.78, 5) is 4.17. The molecular formula is C13H8Cl2FN3. The first-order valence-electron chi connectivity index (χ1n) is 5.45. The molecule has 2 aromatic carbocycles. The zero-order valence-corrected chi connectivity index (χ0v) is 11.1. The summed E-state index contributed by atoms with van der Waals surface area (Å²) in [6, 6.07) is 9.52. The number of benzene rings is 2. The van der Waals surface area contributed by atoms with Crippen LogP contribution in [0, 0.1) is 5.82 Å². The molecule has 96 valence electrons. The molecule has 2 N–H and O–H groups in total. The predicted molar refractivity (Wildman–Crippen MR) is 75.5 cm³/mol. The van der Waals surface area contributed by atoms with Crippen LogP contribution in [0.5, 0.6) is 0 Å². The summed E-state index contributed by atoms with van der Waals surface area (Å²) in [6.45, 7) is 0. The van der Waals surface area contributed by atoms with Gasteiger partial charge in [0.1, 0.15) is 5.82 Å². The van der Waals surface area contributed by atoms with Gasteiger partial charge in [-0.05, 0) is 36.4 Å². The van der Waals surface area contributed by atoms with Crippen LogP contribution in [-0.4, -0.2) is 9.55 Å². The zero-order chi connectivity index (χ0) is 13.6. The number of fused-ring (bicyclic) bond motifs is 1. The molecule has 0 saturated carbocycles. The van der Waals surface area contributed by atoms with Crippen LogP contribution in [0.25, 0.3) is 16.7 Å². The van der Waals surface area contributed by atoms with Crippen molar-refractivity contribution in [3.63, 3.8) is 0 Å². The third-order valence-electron chi connectivity index (χ3n) is 2.79. The molecule has 0 aliphatic carbocycles. The van der Waals surface area contributed by atoms with Gasteiger partial charge in [0.2, 0.25) is 5.95 Å². The van der Waals surface area contributed by atoms with Gasteiger partial charge in [0.15, 0.2) is 0 Å². The normalized spacial score (nSPS) is 11.1. The summed E-state index contributed by atoms with van der Waals surface area (Å²) in [5.41, 5.74) is 7.44. The highest BCUT2D eigenvalue weighted by Gasteiger charge is 2.13. The summed E-state index contributed by atoms with van der Waals surface area (Å²) >= 11 is 11.6. The Labute approximate surface area is 118 Å². The maximum Gasteiger partial charge on any atom is 0.206 e. The van der Waals surface area contributed by atoms with Crippen LogP contribution in [-0.2, 0) is 0 Å². The smallest absolute Gasteiger partial charge is 0.206 e. The van der Waals surface area contributed by atoms with Crippen molar-refractivity contribution < 1.29 is 4.39 Å². The van der Waals surface area contributed by atoms with Gasteiger partial charge in [-0.2, -0.15) is 0 Å². The summed E-state index contributed by atoms with van der Waals surface area (Å²) < 4.78 is 15.5. The molecule has 0 aliphatic heterocycles. The molecule has 6 heteroatoms. The van der Waals surface area contributed by atoms with Crippen molar-refractivity contribution in [3.8, 4) is 5.69 Å². The molecule has 0 saturated heterocycles. The highest BCUT2D eigenvalue weighted by molar-refractivity contribution is 6.31. The third kappa shape index (κ3) is 2.03. The minimum Gasteiger partial charge on any atom is -0.369 e. The van der Waals surface area contributed by atoms with E-state index in [-0.39, 0.29) is 5.95 Å². The number of nitrogen functional groups attached to an aromatic ring is 1. The Bertz CT molecular complexity index is 783. The van der Waals surface area contributed by atoms with E-state index in [9.17, 15) is 4.39 Å². The largest absolute Gasteiger partial charge is 0.369 e. The van der Waals surface area contributed by atoms with Crippen LogP contribution in [0.1, 0.15) is 0 Å². The van der Waals surface area contributed by atoms with Crippen molar-refractivity contribution in [2.45, 2.75) is 0 Å². The molecule has 1 aromatic heterocycles. The second kappa shape index (κ2) is 4.40. The number of hydrogen-bond donors (Lipinski definition) is 1. The fraction of sp³-hybridized carbons (Fsp3) is 0. The molecule has 3 aromatic rings. The summed E-state index contributed by atoms with van der Waals surface area (Å²) in [5, 5.41) is 0.876. The standard InChI is InChI=1S/C13H8Cl2FN3/c14-7-1-3-11(9(16)5-7)19-12-4-2-8(15)6-10(12)18-13(19)17/h1-6H,(H2,17,18). The van der Waals surface area contributed by atoms with Crippen molar-refractivity contribution in [1.29, 1.82) is 0 Å². The van der Waals surface area contributed by atoms with Gasteiger partial charge in [-0.1, -0.05) is 23.2 Å². The van der Waals surface area contributed by atoms with E-state index in [2.05, 4.69) is 4.98 Å². The van der Waals surface area contributed by atoms with E-state index < -0.39 is 5.82 Å². The lowest BCUT2D eigenvalue weighted by atomic mass is 10.2. The van der Waals surface area contributed by atoms with Crippen molar-refractivity contribution >= 4 is 40.2 Å². The molecule has 0 amide bonds. The van der Waals surface area contributed by atoms with E-state index in [1.54, 1.807) is 30.3 Å². The quantitative estimate of drug-likeness (QED) is 0.736. The molecule has 0 radical (unpaired) electrons. The second-order valence-corrected chi connectivity index (χ2v) is 4.91. The topological polar surface area (TPSA) is 43.8 Å². The molecule has 0 fully saturated rings. The van der Waals surface area contributed by atoms with Crippen molar-refractivity contribution in [1.82, 2.24) is 9.55 Å². The van der Waals surface area contributed by atoms with Gasteiger partial charge in [-0.3, -0.25) is 4.57 Å². The molecule has 0 bridgehead atoms. The van der Waals surface area contributed by atoms with Crippen molar-refractivity contribution in [2.24, 2.45) is 0 Å². The minimum atomic E-state index is -0.464. The number of halogens is 3. The van der Waals surface area contributed by atoms with Gasteiger partial charge in [-0.25, -0.2) is 9.37 Å². The number of nitrogens with zero attached hydrogens (tertiary/aromatic N) is 2. The number of imidazole rings is 1. The van der Waals surface area contributed by atoms with Crippen LogP contribution in [0.2, 0.25) is 10.0 Å². The Morgan fingerprint density at radius 1 is 1.05 bits per heavy atom. The molecular weight excluding hydrogens is 288 g/mol. The van der Waals surface area contributed by atoms with E-state index in [4.69, 9.17) is 28.9 Å². The molecule has 3 rings (SSSR count). The molecule has 1 heterocycles. The Morgan fingerprint density at radius 2 is 1.74 bits per heavy atom. The lowest BCUT2D eigenvalue weighted by Gasteiger charge is -2.08. The molecule has 0 aliphatic rings. The Balaban J connectivity index is 2.33. The molecule has 0 atom stereocenters. The van der Waals surface area contributed by atoms with Gasteiger partial charge >= 0.3 is 0 Å². The molecule has 3 nitrogen and oxygen atoms in total. The van der Waals surface area contributed by atoms with Crippen LogP contribution in [0.15, 0.2) is 36.4 Å². The lowest BCUT2D eigenvalue weighted by Crippen LogP contribution is -2.02. The first kappa shape index (κ1) is 12.3. The summed E-state index contributed by atoms with van der Waals surface area (Å²) in [5.74, 6) is -0.271. The molecule has 19 heavy (non-hydrogen) atoms. The van der Waals surface area contributed by atoms with E-state index in [1.807, 2.05) is 0 Å². The second-order valence-electron chi connectivity index (χ2n) is 4.03. The van der Waals surface area contributed by atoms with E-state index >= 15 is 0 Å². The SMILES string of the molecule is Nc1nc2cc(Cl)ccc2n1-c1ccc(Cl)cc1F. The van der Waals surface area contributed by atoms with Gasteiger partial charge < -0.3 is 5.73 Å². The summed E-state index contributed by atoms with van der Waals surface area (Å²) in [7, 11) is 0. The Hall–Kier alpha value is -1.78. The van der Waals surface area contributed by atoms with Crippen LogP contribution in [0.3, 0.4) is 0 Å². The number of nitrogens with two attached hydrogens (primary N) is 1. The number of hydrogen-bond acceptors (Lipinski definition) is 2. The Kier molecular flexibility index (Phi) is 2.84. The van der Waals surface area contributed by atoms with Gasteiger partial charge in [0.05, 0.1) is 16.7 Å². The van der Waals surface area contributed by atoms with Crippen LogP contribution in [0.4, 0.5) is 10.3 Å². The monoisotopic (exact) mass is 295 g/mol. The van der Waals surface area contributed by atoms with Crippen LogP contribution < -0.4 is 5.73 Å². The maximum atomic E-state index is 14.0. The van der Waals surface area contributed by atoms with E-state index in [0.717, 1.165) is 0 Å². The number of anilines is 1. The number of aromatic nitrogens is 2. The molecule has 0 unspecified atom stereocenters. The van der Waals surface area contributed by atoms with Crippen LogP contribution >= 0.6 is 23.2 Å². The highest BCUT2D eigenvalue weighted by atomic mass is 35.5. The fourth-order valence-corrected chi connectivity index (χ4v) is 2.31. The minimum absolute atomic E-state index is 0.193. The fourth-order valence-electron chi connectivity index (χ4n) is 1.99. The first-order chi connectivity index (χ1) is 9.06. The number of rotatable bonds is 1. The zero-order valence-electron chi connectivity index (χ0n) is 9.57. The molecule has 0 spiro atoms. The van der Waals surface area contributed by atoms with E-state index in [1.165, 1.54) is 10.6 Å². The van der Waals surface area contributed by atoms with E-state index in [0.29, 0.717) is 26.8 Å². The van der Waals surface area contributed by atoms with Crippen molar-refractivity contribution in [3.05, 3.63) is 52.3 Å². The summed E-state index contributed by atoms with van der Waals surface area (Å²) in [6.07, 6.45) is 0. The lowest BCUT2D eigenvalue weighted by molar-refractivity contribution is 0.620. The average molecular weight is 296 g/mol. The third-order valence-corrected chi connectivity index (χ3v) is 3.26. The Morgan fingerprint density at radius 3 is 2.47 bits per heavy atom. The van der Waals surface area contributed by atoms with Crippen molar-refractivity contribution in [2.75, 3.05) is 5.73 Å². The first-order valence-corrected chi connectivity index (χ1v) is 6.21. The van der Waals surface area contributed by atoms with Gasteiger partial charge in [0, 0.05) is 10.0 Å². The average Bonchev–Trinajstić information content (AvgIpc) is 2.65.